The third-order valence-electron chi connectivity index (χ3n) is 2.27. The van der Waals surface area contributed by atoms with Crippen LogP contribution in [0.5, 0.6) is 0 Å². The molecule has 2 aromatic rings. The summed E-state index contributed by atoms with van der Waals surface area (Å²) in [4.78, 5) is 0. The number of fused-ring (bicyclic) bond motifs is 1. The summed E-state index contributed by atoms with van der Waals surface area (Å²) in [7, 11) is -3.90. The SMILES string of the molecule is Cc1c2ccccc2[te][n+]1C.O=S(=O)([O-])C(F)(F)F. The summed E-state index contributed by atoms with van der Waals surface area (Å²) in [5, 5.41) is 1.47. The molecule has 0 radical (unpaired) electrons. The van der Waals surface area contributed by atoms with Crippen molar-refractivity contribution in [2.24, 2.45) is 7.05 Å². The number of nitrogens with zero attached hydrogens (tertiary/aromatic N) is 1. The summed E-state index contributed by atoms with van der Waals surface area (Å²) >= 11 is -0.0580. The van der Waals surface area contributed by atoms with Crippen LogP contribution >= 0.6 is 0 Å². The first-order valence-electron chi connectivity index (χ1n) is 4.91. The maximum absolute atomic E-state index is 10.7. The van der Waals surface area contributed by atoms with Gasteiger partial charge in [-0.3, -0.25) is 0 Å². The Kier molecular flexibility index (Phi) is 5.01. The van der Waals surface area contributed by atoms with Gasteiger partial charge < -0.3 is 4.55 Å². The van der Waals surface area contributed by atoms with Crippen LogP contribution < -0.4 is 2.79 Å². The first kappa shape index (κ1) is 16.4. The predicted octanol–water partition coefficient (Wildman–Crippen LogP) is 1.08. The molecule has 0 atom stereocenters. The summed E-state index contributed by atoms with van der Waals surface area (Å²) in [5.41, 5.74) is -4.20. The van der Waals surface area contributed by atoms with E-state index in [0.29, 0.717) is 0 Å². The van der Waals surface area contributed by atoms with Gasteiger partial charge in [0.1, 0.15) is 0 Å². The van der Waals surface area contributed by atoms with Gasteiger partial charge in [0.05, 0.1) is 0 Å². The molecule has 2 rings (SSSR count). The Morgan fingerprint density at radius 2 is 1.74 bits per heavy atom. The number of alkyl halides is 3. The number of hydrogen-bond acceptors (Lipinski definition) is 3. The van der Waals surface area contributed by atoms with E-state index in [9.17, 15) is 13.2 Å². The number of rotatable bonds is 0. The Bertz CT molecular complexity index is 679. The molecule has 106 valence electrons. The number of hydrogen-bond donors (Lipinski definition) is 0. The van der Waals surface area contributed by atoms with Crippen LogP contribution in [-0.2, 0) is 17.2 Å². The van der Waals surface area contributed by atoms with Crippen molar-refractivity contribution in [3.05, 3.63) is 30.0 Å². The van der Waals surface area contributed by atoms with Crippen LogP contribution in [0.2, 0.25) is 0 Å². The van der Waals surface area contributed by atoms with Gasteiger partial charge in [0.15, 0.2) is 10.1 Å². The topological polar surface area (TPSA) is 61.1 Å². The molecule has 0 aliphatic carbocycles. The number of benzene rings is 1. The zero-order valence-electron chi connectivity index (χ0n) is 9.93. The minimum absolute atomic E-state index is 0.0580. The average molecular weight is 409 g/mol. The van der Waals surface area contributed by atoms with E-state index in [1.807, 2.05) is 0 Å². The monoisotopic (exact) mass is 411 g/mol. The van der Waals surface area contributed by atoms with Gasteiger partial charge in [-0.25, -0.2) is 8.42 Å². The van der Waals surface area contributed by atoms with E-state index in [-0.39, 0.29) is 20.7 Å². The van der Waals surface area contributed by atoms with E-state index in [1.165, 1.54) is 11.1 Å². The molecule has 19 heavy (non-hydrogen) atoms. The largest absolute Gasteiger partial charge is 0.741 e. The fraction of sp³-hybridized carbons (Fsp3) is 0.300. The molecule has 9 heteroatoms. The van der Waals surface area contributed by atoms with Crippen molar-refractivity contribution in [3.63, 3.8) is 0 Å². The van der Waals surface area contributed by atoms with Crippen LogP contribution in [0.25, 0.3) is 8.79 Å². The van der Waals surface area contributed by atoms with E-state index in [4.69, 9.17) is 13.0 Å². The molecule has 0 bridgehead atoms. The van der Waals surface area contributed by atoms with Gasteiger partial charge in [-0.1, -0.05) is 0 Å². The molecule has 0 N–H and O–H groups in total. The molecular formula is C10H10F3NO3STe. The first-order valence-corrected chi connectivity index (χ1v) is 8.52. The van der Waals surface area contributed by atoms with Crippen molar-refractivity contribution in [2.45, 2.75) is 12.4 Å². The Morgan fingerprint density at radius 1 is 1.26 bits per heavy atom. The van der Waals surface area contributed by atoms with E-state index < -0.39 is 15.6 Å². The van der Waals surface area contributed by atoms with Gasteiger partial charge in [-0.05, 0) is 0 Å². The zero-order valence-corrected chi connectivity index (χ0v) is 13.1. The van der Waals surface area contributed by atoms with E-state index in [2.05, 4.69) is 41.0 Å². The number of aryl methyl sites for hydroxylation is 2. The Morgan fingerprint density at radius 3 is 2.16 bits per heavy atom. The molecule has 0 spiro atoms. The van der Waals surface area contributed by atoms with E-state index in [1.54, 1.807) is 3.40 Å². The molecule has 1 aromatic carbocycles. The maximum Gasteiger partial charge on any atom is 0.485 e. The fourth-order valence-corrected chi connectivity index (χ4v) is 4.04. The maximum atomic E-state index is 10.7. The third kappa shape index (κ3) is 4.17. The van der Waals surface area contributed by atoms with Gasteiger partial charge in [0.25, 0.3) is 0 Å². The first-order chi connectivity index (χ1) is 8.54. The smallest absolute Gasteiger partial charge is 0.485 e. The molecule has 1 aromatic heterocycles. The van der Waals surface area contributed by atoms with Crippen molar-refractivity contribution in [1.29, 1.82) is 0 Å². The fourth-order valence-electron chi connectivity index (χ4n) is 1.23. The van der Waals surface area contributed by atoms with Gasteiger partial charge in [0, 0.05) is 0 Å². The summed E-state index contributed by atoms with van der Waals surface area (Å²) < 4.78 is 62.9. The van der Waals surface area contributed by atoms with Crippen LogP contribution in [0.15, 0.2) is 24.3 Å². The van der Waals surface area contributed by atoms with Crippen molar-refractivity contribution in [3.8, 4) is 0 Å². The number of aromatic nitrogens is 1. The summed E-state index contributed by atoms with van der Waals surface area (Å²) in [6.07, 6.45) is 0. The molecule has 0 aliphatic rings. The van der Waals surface area contributed by atoms with Gasteiger partial charge >= 0.3 is 81.7 Å². The molecule has 0 aliphatic heterocycles. The Hall–Kier alpha value is -0.620. The van der Waals surface area contributed by atoms with Crippen molar-refractivity contribution >= 4 is 39.6 Å². The molecule has 0 saturated carbocycles. The van der Waals surface area contributed by atoms with Gasteiger partial charge in [0.2, 0.25) is 0 Å². The van der Waals surface area contributed by atoms with Crippen molar-refractivity contribution in [2.75, 3.05) is 0 Å². The molecule has 0 unspecified atom stereocenters. The normalized spacial score (nSPS) is 12.1. The Labute approximate surface area is 118 Å². The van der Waals surface area contributed by atoms with Crippen molar-refractivity contribution < 1.29 is 28.9 Å². The minimum Gasteiger partial charge on any atom is -0.741 e. The second-order valence-corrected chi connectivity index (χ2v) is 8.28. The van der Waals surface area contributed by atoms with Crippen LogP contribution in [0.4, 0.5) is 13.2 Å². The van der Waals surface area contributed by atoms with Crippen molar-refractivity contribution in [1.82, 2.24) is 0 Å². The minimum atomic E-state index is -6.09. The summed E-state index contributed by atoms with van der Waals surface area (Å²) in [6.45, 7) is 2.20. The quantitative estimate of drug-likeness (QED) is 0.372. The molecule has 0 saturated heterocycles. The molecule has 1 heterocycles. The second kappa shape index (κ2) is 5.79. The number of halogens is 3. The Balaban J connectivity index is 0.000000203. The van der Waals surface area contributed by atoms with Crippen LogP contribution in [0.1, 0.15) is 5.69 Å². The molecule has 0 amide bonds. The molecular weight excluding hydrogens is 399 g/mol. The summed E-state index contributed by atoms with van der Waals surface area (Å²) in [5.74, 6) is 0. The van der Waals surface area contributed by atoms with Gasteiger partial charge in [-0.15, -0.1) is 0 Å². The average Bonchev–Trinajstić information content (AvgIpc) is 2.54. The van der Waals surface area contributed by atoms with Crippen LogP contribution in [0, 0.1) is 6.92 Å². The molecule has 4 nitrogen and oxygen atoms in total. The van der Waals surface area contributed by atoms with Crippen LogP contribution in [0.3, 0.4) is 0 Å². The van der Waals surface area contributed by atoms with E-state index in [0.717, 1.165) is 0 Å². The second-order valence-electron chi connectivity index (χ2n) is 3.57. The van der Waals surface area contributed by atoms with Gasteiger partial charge in [-0.2, -0.15) is 13.2 Å². The zero-order chi connectivity index (χ0) is 14.8. The van der Waals surface area contributed by atoms with Crippen LogP contribution in [-0.4, -0.2) is 39.2 Å². The molecule has 0 fully saturated rings. The standard InChI is InChI=1S/C9H10NTe.CHF3O3S/c1-7-8-5-3-4-6-9(8)11-10(7)2;2-1(3,4)8(5,6)7/h3-6H,1-2H3;(H,5,6,7)/q+1;/p-1. The van der Waals surface area contributed by atoms with E-state index >= 15 is 0 Å². The summed E-state index contributed by atoms with van der Waals surface area (Å²) in [6, 6.07) is 8.73. The predicted molar refractivity (Wildman–Crippen MR) is 62.6 cm³/mol. The third-order valence-corrected chi connectivity index (χ3v) is 5.98.